The molecule has 0 unspecified atom stereocenters. The smallest absolute Gasteiger partial charge is 0.318 e. The molecule has 4 nitrogen and oxygen atoms in total. The maximum Gasteiger partial charge on any atom is 0.318 e. The Morgan fingerprint density at radius 2 is 1.29 bits per heavy atom. The summed E-state index contributed by atoms with van der Waals surface area (Å²) in [7, 11) is 7.27. The molecule has 2 aromatic carbocycles. The van der Waals surface area contributed by atoms with Crippen LogP contribution in [-0.4, -0.2) is 51.2 Å². The number of allylic oxidation sites excluding steroid dienone is 2. The van der Waals surface area contributed by atoms with Gasteiger partial charge in [-0.05, 0) is 54.1 Å². The standard InChI is InChI=1S/C26H22F4N2O2/c1-31(2)17-9-5-15(6-10-17)20-14-24(28)25(20,29)23(33)22(27)19-13-21(34-26(19,24)30)16-7-11-18(12-8-16)32(3)4/h5-14H,1-4H3/t24-,25-,26-/m1/s1. The third-order valence-electron chi connectivity index (χ3n) is 6.67. The Morgan fingerprint density at radius 3 is 1.79 bits per heavy atom. The zero-order valence-electron chi connectivity index (χ0n) is 19.0. The van der Waals surface area contributed by atoms with Crippen molar-refractivity contribution in [2.75, 3.05) is 38.0 Å². The summed E-state index contributed by atoms with van der Waals surface area (Å²) in [5.74, 6) is -7.16. The van der Waals surface area contributed by atoms with Crippen molar-refractivity contribution in [3.8, 4) is 0 Å². The fraction of sp³-hybridized carbons (Fsp3) is 0.269. The molecular weight excluding hydrogens is 448 g/mol. The number of anilines is 2. The fourth-order valence-electron chi connectivity index (χ4n) is 4.61. The Bertz CT molecular complexity index is 1300. The van der Waals surface area contributed by atoms with Gasteiger partial charge in [-0.25, -0.2) is 13.2 Å². The molecule has 0 bridgehead atoms. The van der Waals surface area contributed by atoms with Crippen molar-refractivity contribution in [2.45, 2.75) is 17.2 Å². The largest absolute Gasteiger partial charge is 0.450 e. The molecule has 0 saturated carbocycles. The number of rotatable bonds is 4. The van der Waals surface area contributed by atoms with Crippen LogP contribution < -0.4 is 9.80 Å². The van der Waals surface area contributed by atoms with E-state index in [1.807, 2.05) is 19.0 Å². The topological polar surface area (TPSA) is 32.8 Å². The maximum atomic E-state index is 16.1. The Kier molecular flexibility index (Phi) is 4.57. The van der Waals surface area contributed by atoms with E-state index in [9.17, 15) is 4.79 Å². The summed E-state index contributed by atoms with van der Waals surface area (Å²) in [6.07, 6.45) is 1.62. The van der Waals surface area contributed by atoms with Gasteiger partial charge in [0.05, 0.1) is 5.57 Å². The molecule has 0 saturated heterocycles. The summed E-state index contributed by atoms with van der Waals surface area (Å²) in [6, 6.07) is 12.8. The quantitative estimate of drug-likeness (QED) is 0.577. The summed E-state index contributed by atoms with van der Waals surface area (Å²) in [5.41, 5.74) is -6.36. The van der Waals surface area contributed by atoms with Crippen LogP contribution in [0.3, 0.4) is 0 Å². The van der Waals surface area contributed by atoms with Gasteiger partial charge in [-0.1, -0.05) is 12.1 Å². The van der Waals surface area contributed by atoms with Crippen LogP contribution in [0.2, 0.25) is 0 Å². The van der Waals surface area contributed by atoms with Crippen LogP contribution in [0.15, 0.2) is 72.1 Å². The Labute approximate surface area is 194 Å². The highest BCUT2D eigenvalue weighted by Gasteiger charge is 2.83. The van der Waals surface area contributed by atoms with E-state index in [2.05, 4.69) is 0 Å². The average Bonchev–Trinajstić information content (AvgIpc) is 3.19. The molecule has 5 rings (SSSR count). The van der Waals surface area contributed by atoms with Gasteiger partial charge in [-0.3, -0.25) is 4.79 Å². The van der Waals surface area contributed by atoms with Gasteiger partial charge in [-0.15, -0.1) is 0 Å². The monoisotopic (exact) mass is 470 g/mol. The second kappa shape index (κ2) is 6.98. The van der Waals surface area contributed by atoms with Gasteiger partial charge in [0, 0.05) is 50.7 Å². The van der Waals surface area contributed by atoms with Gasteiger partial charge in [0.25, 0.3) is 0 Å². The SMILES string of the molecule is CN(C)c1ccc(C2=CC3=C(F)C(=O)[C@]4(F)C(c5ccc(N(C)C)cc5)=C[C@]4(F)[C@]3(F)O2)cc1. The highest BCUT2D eigenvalue weighted by molar-refractivity contribution is 6.17. The number of ether oxygens (including phenoxy) is 1. The second-order valence-electron chi connectivity index (χ2n) is 9.07. The van der Waals surface area contributed by atoms with Crippen LogP contribution in [0, 0.1) is 0 Å². The number of carbonyl (C=O) groups excluding carboxylic acids is 1. The van der Waals surface area contributed by atoms with Crippen LogP contribution >= 0.6 is 0 Å². The first kappa shape index (κ1) is 22.3. The molecule has 1 heterocycles. The molecule has 0 aromatic heterocycles. The van der Waals surface area contributed by atoms with Crippen molar-refractivity contribution in [1.29, 1.82) is 0 Å². The minimum Gasteiger partial charge on any atom is -0.450 e. The molecule has 1 aliphatic heterocycles. The number of carbonyl (C=O) groups is 1. The molecule has 176 valence electrons. The van der Waals surface area contributed by atoms with E-state index in [4.69, 9.17) is 4.74 Å². The third-order valence-corrected chi connectivity index (χ3v) is 6.67. The lowest BCUT2D eigenvalue weighted by atomic mass is 9.57. The predicted molar refractivity (Wildman–Crippen MR) is 123 cm³/mol. The van der Waals surface area contributed by atoms with E-state index in [0.29, 0.717) is 11.6 Å². The van der Waals surface area contributed by atoms with Gasteiger partial charge in [-0.2, -0.15) is 4.39 Å². The van der Waals surface area contributed by atoms with Gasteiger partial charge in [0.2, 0.25) is 17.1 Å². The van der Waals surface area contributed by atoms with Crippen molar-refractivity contribution in [3.63, 3.8) is 0 Å². The minimum absolute atomic E-state index is 0.153. The zero-order chi connectivity index (χ0) is 24.6. The number of nitrogens with zero attached hydrogens (tertiary/aromatic N) is 2. The zero-order valence-corrected chi connectivity index (χ0v) is 19.0. The third kappa shape index (κ3) is 2.62. The molecule has 2 aliphatic carbocycles. The molecule has 2 aromatic rings. The van der Waals surface area contributed by atoms with Crippen molar-refractivity contribution in [2.24, 2.45) is 0 Å². The molecular formula is C26H22F4N2O2. The first-order chi connectivity index (χ1) is 15.9. The molecule has 8 heteroatoms. The molecule has 3 atom stereocenters. The maximum absolute atomic E-state index is 16.1. The highest BCUT2D eigenvalue weighted by Crippen LogP contribution is 2.66. The number of hydrogen-bond donors (Lipinski definition) is 0. The molecule has 0 amide bonds. The summed E-state index contributed by atoms with van der Waals surface area (Å²) < 4.78 is 68.7. The number of halogens is 4. The number of hydrogen-bond acceptors (Lipinski definition) is 4. The summed E-state index contributed by atoms with van der Waals surface area (Å²) in [6.45, 7) is 0. The van der Waals surface area contributed by atoms with E-state index < -0.39 is 39.9 Å². The average molecular weight is 470 g/mol. The minimum atomic E-state index is -3.56. The normalized spacial score (nSPS) is 29.5. The van der Waals surface area contributed by atoms with E-state index in [1.54, 1.807) is 55.4 Å². The van der Waals surface area contributed by atoms with Crippen molar-refractivity contribution in [3.05, 3.63) is 83.2 Å². The summed E-state index contributed by atoms with van der Waals surface area (Å²) in [5, 5.41) is 0. The molecule has 0 spiro atoms. The molecule has 0 fully saturated rings. The van der Waals surface area contributed by atoms with Crippen molar-refractivity contribution >= 4 is 28.5 Å². The van der Waals surface area contributed by atoms with Gasteiger partial charge in [0.15, 0.2) is 5.83 Å². The van der Waals surface area contributed by atoms with Crippen LogP contribution in [0.5, 0.6) is 0 Å². The second-order valence-corrected chi connectivity index (χ2v) is 9.07. The van der Waals surface area contributed by atoms with Crippen molar-refractivity contribution in [1.82, 2.24) is 0 Å². The fourth-order valence-corrected chi connectivity index (χ4v) is 4.61. The molecule has 3 aliphatic rings. The van der Waals surface area contributed by atoms with Crippen LogP contribution in [0.25, 0.3) is 11.3 Å². The van der Waals surface area contributed by atoms with E-state index in [-0.39, 0.29) is 11.3 Å². The van der Waals surface area contributed by atoms with Crippen LogP contribution in [0.4, 0.5) is 28.9 Å². The van der Waals surface area contributed by atoms with Gasteiger partial charge < -0.3 is 14.5 Å². The number of ketones is 1. The number of fused-ring (bicyclic) bond motifs is 3. The van der Waals surface area contributed by atoms with E-state index >= 15 is 17.6 Å². The first-order valence-corrected chi connectivity index (χ1v) is 10.7. The summed E-state index contributed by atoms with van der Waals surface area (Å²) >= 11 is 0. The van der Waals surface area contributed by atoms with Crippen molar-refractivity contribution < 1.29 is 27.1 Å². The van der Waals surface area contributed by atoms with Crippen LogP contribution in [0.1, 0.15) is 11.1 Å². The Morgan fingerprint density at radius 1 is 0.794 bits per heavy atom. The van der Waals surface area contributed by atoms with Gasteiger partial charge in [0.1, 0.15) is 5.76 Å². The van der Waals surface area contributed by atoms with E-state index in [0.717, 1.165) is 17.5 Å². The van der Waals surface area contributed by atoms with Gasteiger partial charge >= 0.3 is 5.85 Å². The molecule has 0 radical (unpaired) electrons. The lowest BCUT2D eigenvalue weighted by Crippen LogP contribution is -2.72. The number of Topliss-reactive ketones (excluding diaryl/α,β-unsaturated/α-hetero) is 1. The first-order valence-electron chi connectivity index (χ1n) is 10.7. The summed E-state index contributed by atoms with van der Waals surface area (Å²) in [4.78, 5) is 16.4. The molecule has 0 N–H and O–H groups in total. The van der Waals surface area contributed by atoms with Crippen LogP contribution in [-0.2, 0) is 9.53 Å². The Balaban J connectivity index is 1.56. The van der Waals surface area contributed by atoms with E-state index in [1.165, 1.54) is 12.1 Å². The number of alkyl halides is 3. The Hall–Kier alpha value is -3.55. The highest BCUT2D eigenvalue weighted by atomic mass is 19.2. The number of benzene rings is 2. The predicted octanol–water partition coefficient (Wildman–Crippen LogP) is 5.18. The lowest BCUT2D eigenvalue weighted by molar-refractivity contribution is -0.196. The lowest BCUT2D eigenvalue weighted by Gasteiger charge is -2.52. The molecule has 34 heavy (non-hydrogen) atoms.